The molecule has 0 spiro atoms. The van der Waals surface area contributed by atoms with Gasteiger partial charge in [-0.15, -0.1) is 0 Å². The molecule has 1 nitrogen and oxygen atoms in total. The molecule has 0 atom stereocenters. The van der Waals surface area contributed by atoms with Crippen molar-refractivity contribution in [3.63, 3.8) is 0 Å². The Labute approximate surface area is 134 Å². The third-order valence-electron chi connectivity index (χ3n) is 2.85. The lowest BCUT2D eigenvalue weighted by molar-refractivity contribution is 1.48. The van der Waals surface area contributed by atoms with Gasteiger partial charge in [-0.2, -0.15) is 0 Å². The van der Waals surface area contributed by atoms with Gasteiger partial charge < -0.3 is 5.32 Å². The first kappa shape index (κ1) is 17.5. The van der Waals surface area contributed by atoms with Crippen LogP contribution in [0.1, 0.15) is 19.4 Å². The van der Waals surface area contributed by atoms with Crippen LogP contribution in [0.5, 0.6) is 0 Å². The number of benzene rings is 2. The molecule has 0 radical (unpaired) electrons. The highest BCUT2D eigenvalue weighted by molar-refractivity contribution is 5.45. The standard InChI is InChI=1S/C14H17N.C7H8/c1-3-8-13(2)9-7-12-15-14-10-5-4-6-11-14;1-7-5-3-2-4-6-7/h3-12,15H,1-2H3;2-6H,1H3/b8-3-,12-7+,13-9-;. The van der Waals surface area contributed by atoms with E-state index in [0.29, 0.717) is 0 Å². The van der Waals surface area contributed by atoms with Gasteiger partial charge in [-0.25, -0.2) is 0 Å². The van der Waals surface area contributed by atoms with Crippen LogP contribution >= 0.6 is 0 Å². The average molecular weight is 291 g/mol. The van der Waals surface area contributed by atoms with Gasteiger partial charge in [-0.1, -0.05) is 77.9 Å². The van der Waals surface area contributed by atoms with Gasteiger partial charge in [0.05, 0.1) is 0 Å². The zero-order valence-electron chi connectivity index (χ0n) is 13.7. The van der Waals surface area contributed by atoms with E-state index in [1.54, 1.807) is 0 Å². The minimum absolute atomic E-state index is 1.10. The molecule has 114 valence electrons. The van der Waals surface area contributed by atoms with Crippen LogP contribution in [0.25, 0.3) is 0 Å². The summed E-state index contributed by atoms with van der Waals surface area (Å²) in [6.07, 6.45) is 10.1. The second kappa shape index (κ2) is 11.2. The Bertz CT molecular complexity index is 592. The van der Waals surface area contributed by atoms with Crippen LogP contribution in [-0.2, 0) is 0 Å². The van der Waals surface area contributed by atoms with Crippen molar-refractivity contribution in [2.45, 2.75) is 20.8 Å². The molecule has 0 saturated heterocycles. The summed E-state index contributed by atoms with van der Waals surface area (Å²) in [7, 11) is 0. The molecule has 0 heterocycles. The number of para-hydroxylation sites is 1. The van der Waals surface area contributed by atoms with Crippen molar-refractivity contribution in [1.82, 2.24) is 0 Å². The Kier molecular flexibility index (Phi) is 8.88. The number of anilines is 1. The molecule has 0 fully saturated rings. The minimum atomic E-state index is 1.10. The molecule has 1 heteroatoms. The van der Waals surface area contributed by atoms with Crippen LogP contribution in [0.4, 0.5) is 5.69 Å². The van der Waals surface area contributed by atoms with Gasteiger partial charge in [0.25, 0.3) is 0 Å². The van der Waals surface area contributed by atoms with E-state index >= 15 is 0 Å². The fraction of sp³-hybridized carbons (Fsp3) is 0.143. The summed E-state index contributed by atoms with van der Waals surface area (Å²) in [6, 6.07) is 20.4. The quantitative estimate of drug-likeness (QED) is 0.668. The Balaban J connectivity index is 0.000000287. The molecule has 0 aromatic heterocycles. The van der Waals surface area contributed by atoms with Crippen molar-refractivity contribution in [2.24, 2.45) is 0 Å². The second-order valence-corrected chi connectivity index (χ2v) is 4.93. The van der Waals surface area contributed by atoms with E-state index in [4.69, 9.17) is 0 Å². The van der Waals surface area contributed by atoms with Crippen molar-refractivity contribution in [1.29, 1.82) is 0 Å². The van der Waals surface area contributed by atoms with Gasteiger partial charge in [-0.05, 0) is 39.0 Å². The molecular weight excluding hydrogens is 266 g/mol. The third kappa shape index (κ3) is 8.60. The van der Waals surface area contributed by atoms with Gasteiger partial charge in [0.1, 0.15) is 0 Å². The Morgan fingerprint density at radius 2 is 1.50 bits per heavy atom. The lowest BCUT2D eigenvalue weighted by atomic mass is 10.2. The van der Waals surface area contributed by atoms with Gasteiger partial charge in [0, 0.05) is 11.9 Å². The smallest absolute Gasteiger partial charge is 0.0379 e. The van der Waals surface area contributed by atoms with Crippen LogP contribution in [0, 0.1) is 6.92 Å². The first-order valence-corrected chi connectivity index (χ1v) is 7.51. The number of aryl methyl sites for hydroxylation is 1. The van der Waals surface area contributed by atoms with Gasteiger partial charge in [0.2, 0.25) is 0 Å². The van der Waals surface area contributed by atoms with Crippen LogP contribution < -0.4 is 5.32 Å². The van der Waals surface area contributed by atoms with Gasteiger partial charge in [-0.3, -0.25) is 0 Å². The molecule has 2 rings (SSSR count). The molecule has 0 aliphatic carbocycles. The molecule has 0 aliphatic rings. The molecule has 0 unspecified atom stereocenters. The number of rotatable bonds is 4. The maximum atomic E-state index is 3.19. The Hall–Kier alpha value is -2.54. The number of hydrogen-bond acceptors (Lipinski definition) is 1. The van der Waals surface area contributed by atoms with Crippen LogP contribution in [0.2, 0.25) is 0 Å². The Morgan fingerprint density at radius 3 is 2.00 bits per heavy atom. The van der Waals surface area contributed by atoms with Crippen molar-refractivity contribution in [3.05, 3.63) is 102 Å². The maximum Gasteiger partial charge on any atom is 0.0379 e. The van der Waals surface area contributed by atoms with E-state index < -0.39 is 0 Å². The lowest BCUT2D eigenvalue weighted by Crippen LogP contribution is -1.84. The monoisotopic (exact) mass is 291 g/mol. The summed E-state index contributed by atoms with van der Waals surface area (Å²) in [5.41, 5.74) is 3.66. The average Bonchev–Trinajstić information content (AvgIpc) is 2.54. The maximum absolute atomic E-state index is 3.19. The first-order chi connectivity index (χ1) is 10.7. The SMILES string of the molecule is C\C=C/C(C)=C\C=C\Nc1ccccc1.Cc1ccccc1. The lowest BCUT2D eigenvalue weighted by Gasteiger charge is -1.97. The van der Waals surface area contributed by atoms with Gasteiger partial charge >= 0.3 is 0 Å². The van der Waals surface area contributed by atoms with Crippen molar-refractivity contribution < 1.29 is 0 Å². The second-order valence-electron chi connectivity index (χ2n) is 4.93. The summed E-state index contributed by atoms with van der Waals surface area (Å²) in [4.78, 5) is 0. The van der Waals surface area contributed by atoms with Crippen LogP contribution in [0.3, 0.4) is 0 Å². The van der Waals surface area contributed by atoms with Gasteiger partial charge in [0.15, 0.2) is 0 Å². The molecule has 0 bridgehead atoms. The highest BCUT2D eigenvalue weighted by Crippen LogP contribution is 2.04. The predicted molar refractivity (Wildman–Crippen MR) is 99.0 cm³/mol. The third-order valence-corrected chi connectivity index (χ3v) is 2.85. The molecule has 2 aromatic carbocycles. The van der Waals surface area contributed by atoms with E-state index in [1.807, 2.05) is 73.8 Å². The van der Waals surface area contributed by atoms with E-state index in [1.165, 1.54) is 11.1 Å². The number of allylic oxidation sites excluding steroid dienone is 5. The summed E-state index contributed by atoms with van der Waals surface area (Å²) < 4.78 is 0. The van der Waals surface area contributed by atoms with Crippen molar-refractivity contribution in [2.75, 3.05) is 5.32 Å². The largest absolute Gasteiger partial charge is 0.362 e. The molecule has 0 aliphatic heterocycles. The fourth-order valence-corrected chi connectivity index (χ4v) is 1.73. The zero-order valence-corrected chi connectivity index (χ0v) is 13.7. The van der Waals surface area contributed by atoms with E-state index in [9.17, 15) is 0 Å². The molecular formula is C21H25N. The van der Waals surface area contributed by atoms with E-state index in [2.05, 4.69) is 43.4 Å². The summed E-state index contributed by atoms with van der Waals surface area (Å²) >= 11 is 0. The van der Waals surface area contributed by atoms with Crippen LogP contribution in [-0.4, -0.2) is 0 Å². The molecule has 0 amide bonds. The molecule has 2 aromatic rings. The highest BCUT2D eigenvalue weighted by Gasteiger charge is 1.82. The topological polar surface area (TPSA) is 12.0 Å². The highest BCUT2D eigenvalue weighted by atomic mass is 14.8. The van der Waals surface area contributed by atoms with E-state index in [0.717, 1.165) is 5.69 Å². The van der Waals surface area contributed by atoms with Crippen LogP contribution in [0.15, 0.2) is 96.7 Å². The Morgan fingerprint density at radius 1 is 0.909 bits per heavy atom. The molecule has 0 saturated carbocycles. The number of hydrogen-bond donors (Lipinski definition) is 1. The summed E-state index contributed by atoms with van der Waals surface area (Å²) in [5.74, 6) is 0. The molecule has 1 N–H and O–H groups in total. The zero-order chi connectivity index (χ0) is 16.0. The predicted octanol–water partition coefficient (Wildman–Crippen LogP) is 6.13. The number of nitrogens with one attached hydrogen (secondary N) is 1. The van der Waals surface area contributed by atoms with E-state index in [-0.39, 0.29) is 0 Å². The normalized spacial score (nSPS) is 11.3. The first-order valence-electron chi connectivity index (χ1n) is 7.51. The van der Waals surface area contributed by atoms with Crippen molar-refractivity contribution in [3.8, 4) is 0 Å². The fourth-order valence-electron chi connectivity index (χ4n) is 1.73. The summed E-state index contributed by atoms with van der Waals surface area (Å²) in [6.45, 7) is 6.18. The molecule has 22 heavy (non-hydrogen) atoms. The summed E-state index contributed by atoms with van der Waals surface area (Å²) in [5, 5.41) is 3.19. The van der Waals surface area contributed by atoms with Crippen molar-refractivity contribution >= 4 is 5.69 Å². The minimum Gasteiger partial charge on any atom is -0.362 e.